The van der Waals surface area contributed by atoms with Crippen LogP contribution in [-0.2, 0) is 6.54 Å². The molecular formula is C10H8BrNOS2. The largest absolute Gasteiger partial charge is 0.348 e. The van der Waals surface area contributed by atoms with E-state index in [9.17, 15) is 4.79 Å². The number of amides is 1. The second-order valence-electron chi connectivity index (χ2n) is 2.92. The number of halogens is 1. The lowest BCUT2D eigenvalue weighted by atomic mass is 10.3. The summed E-state index contributed by atoms with van der Waals surface area (Å²) >= 11 is 6.49. The van der Waals surface area contributed by atoms with Gasteiger partial charge in [0.2, 0.25) is 0 Å². The first kappa shape index (κ1) is 10.9. The Labute approximate surface area is 104 Å². The van der Waals surface area contributed by atoms with E-state index in [1.165, 1.54) is 11.3 Å². The predicted molar refractivity (Wildman–Crippen MR) is 67.5 cm³/mol. The van der Waals surface area contributed by atoms with Gasteiger partial charge in [-0.25, -0.2) is 0 Å². The van der Waals surface area contributed by atoms with Crippen LogP contribution in [-0.4, -0.2) is 5.91 Å². The van der Waals surface area contributed by atoms with E-state index in [2.05, 4.69) is 21.2 Å². The molecule has 0 bridgehead atoms. The van der Waals surface area contributed by atoms with Crippen molar-refractivity contribution in [2.45, 2.75) is 6.54 Å². The quantitative estimate of drug-likeness (QED) is 0.923. The van der Waals surface area contributed by atoms with Crippen LogP contribution in [0.5, 0.6) is 0 Å². The fraction of sp³-hybridized carbons (Fsp3) is 0.100. The van der Waals surface area contributed by atoms with E-state index < -0.39 is 0 Å². The fourth-order valence-corrected chi connectivity index (χ4v) is 3.04. The van der Waals surface area contributed by atoms with Gasteiger partial charge in [-0.2, -0.15) is 11.3 Å². The smallest absolute Gasteiger partial charge is 0.253 e. The van der Waals surface area contributed by atoms with Crippen molar-refractivity contribution in [3.05, 3.63) is 43.2 Å². The van der Waals surface area contributed by atoms with Crippen molar-refractivity contribution in [3.8, 4) is 0 Å². The molecule has 0 unspecified atom stereocenters. The summed E-state index contributed by atoms with van der Waals surface area (Å²) in [6.07, 6.45) is 0. The average Bonchev–Trinajstić information content (AvgIpc) is 2.84. The molecule has 2 nitrogen and oxygen atoms in total. The minimum Gasteiger partial charge on any atom is -0.348 e. The van der Waals surface area contributed by atoms with Gasteiger partial charge in [-0.1, -0.05) is 0 Å². The Kier molecular flexibility index (Phi) is 3.56. The lowest BCUT2D eigenvalue weighted by molar-refractivity contribution is 0.0951. The van der Waals surface area contributed by atoms with E-state index >= 15 is 0 Å². The summed E-state index contributed by atoms with van der Waals surface area (Å²) in [6.45, 7) is 0.588. The number of hydrogen-bond acceptors (Lipinski definition) is 3. The van der Waals surface area contributed by atoms with Crippen LogP contribution in [0.25, 0.3) is 0 Å². The van der Waals surface area contributed by atoms with E-state index in [0.29, 0.717) is 12.1 Å². The molecule has 0 saturated carbocycles. The van der Waals surface area contributed by atoms with Crippen molar-refractivity contribution in [3.63, 3.8) is 0 Å². The molecule has 0 aliphatic carbocycles. The van der Waals surface area contributed by atoms with Crippen LogP contribution in [0.15, 0.2) is 32.1 Å². The van der Waals surface area contributed by atoms with E-state index in [0.717, 1.165) is 9.35 Å². The summed E-state index contributed by atoms with van der Waals surface area (Å²) in [7, 11) is 0. The third kappa shape index (κ3) is 2.68. The molecule has 1 N–H and O–H groups in total. The van der Waals surface area contributed by atoms with Crippen LogP contribution in [0.2, 0.25) is 0 Å². The summed E-state index contributed by atoms with van der Waals surface area (Å²) in [5.41, 5.74) is 1.84. The first-order valence-corrected chi connectivity index (χ1v) is 6.91. The van der Waals surface area contributed by atoms with Gasteiger partial charge < -0.3 is 5.32 Å². The predicted octanol–water partition coefficient (Wildman–Crippen LogP) is 3.50. The van der Waals surface area contributed by atoms with Crippen molar-refractivity contribution in [1.82, 2.24) is 5.32 Å². The minimum atomic E-state index is -0.0330. The van der Waals surface area contributed by atoms with Gasteiger partial charge in [-0.3, -0.25) is 4.79 Å². The highest BCUT2D eigenvalue weighted by Crippen LogP contribution is 2.23. The van der Waals surface area contributed by atoms with Crippen molar-refractivity contribution in [2.24, 2.45) is 0 Å². The lowest BCUT2D eigenvalue weighted by Crippen LogP contribution is -2.22. The van der Waals surface area contributed by atoms with Gasteiger partial charge in [0.05, 0.1) is 9.35 Å². The molecule has 2 aromatic rings. The summed E-state index contributed by atoms with van der Waals surface area (Å²) in [6, 6.07) is 3.82. The Balaban J connectivity index is 1.96. The third-order valence-corrected chi connectivity index (χ3v) is 4.31. The molecule has 15 heavy (non-hydrogen) atoms. The molecule has 1 amide bonds. The van der Waals surface area contributed by atoms with Crippen molar-refractivity contribution in [1.29, 1.82) is 0 Å². The molecule has 2 aromatic heterocycles. The first-order chi connectivity index (χ1) is 7.27. The molecule has 78 valence electrons. The van der Waals surface area contributed by atoms with Crippen LogP contribution in [0.1, 0.15) is 15.9 Å². The van der Waals surface area contributed by atoms with E-state index in [4.69, 9.17) is 0 Å². The number of carbonyl (C=O) groups is 1. The fourth-order valence-electron chi connectivity index (χ4n) is 1.13. The molecule has 0 radical (unpaired) electrons. The monoisotopic (exact) mass is 301 g/mol. The molecule has 0 saturated heterocycles. The Morgan fingerprint density at radius 1 is 1.40 bits per heavy atom. The SMILES string of the molecule is O=C(NCc1ccsc1)c1ccsc1Br. The molecular weight excluding hydrogens is 294 g/mol. The second kappa shape index (κ2) is 4.92. The third-order valence-electron chi connectivity index (χ3n) is 1.90. The molecule has 0 aliphatic heterocycles. The van der Waals surface area contributed by atoms with Gasteiger partial charge in [0.25, 0.3) is 5.91 Å². The zero-order valence-corrected chi connectivity index (χ0v) is 10.9. The highest BCUT2D eigenvalue weighted by molar-refractivity contribution is 9.11. The van der Waals surface area contributed by atoms with Crippen LogP contribution >= 0.6 is 38.6 Å². The van der Waals surface area contributed by atoms with Crippen LogP contribution in [0, 0.1) is 0 Å². The Hall–Kier alpha value is -0.650. The first-order valence-electron chi connectivity index (χ1n) is 4.29. The highest BCUT2D eigenvalue weighted by Gasteiger charge is 2.10. The van der Waals surface area contributed by atoms with Crippen LogP contribution < -0.4 is 5.32 Å². The van der Waals surface area contributed by atoms with Gasteiger partial charge in [-0.15, -0.1) is 11.3 Å². The average molecular weight is 302 g/mol. The molecule has 0 atom stereocenters. The normalized spacial score (nSPS) is 10.2. The molecule has 2 rings (SSSR count). The van der Waals surface area contributed by atoms with Gasteiger partial charge in [0.15, 0.2) is 0 Å². The maximum atomic E-state index is 11.7. The van der Waals surface area contributed by atoms with Gasteiger partial charge in [0, 0.05) is 6.54 Å². The van der Waals surface area contributed by atoms with Gasteiger partial charge in [-0.05, 0) is 49.8 Å². The number of thiophene rings is 2. The van der Waals surface area contributed by atoms with Crippen LogP contribution in [0.3, 0.4) is 0 Å². The topological polar surface area (TPSA) is 29.1 Å². The Morgan fingerprint density at radius 2 is 2.27 bits per heavy atom. The summed E-state index contributed by atoms with van der Waals surface area (Å²) in [4.78, 5) is 11.7. The second-order valence-corrected chi connectivity index (χ2v) is 5.94. The molecule has 0 fully saturated rings. The number of rotatable bonds is 3. The number of nitrogens with one attached hydrogen (secondary N) is 1. The number of hydrogen-bond donors (Lipinski definition) is 1. The summed E-state index contributed by atoms with van der Waals surface area (Å²) < 4.78 is 0.880. The van der Waals surface area contributed by atoms with Crippen molar-refractivity contribution in [2.75, 3.05) is 0 Å². The molecule has 5 heteroatoms. The van der Waals surface area contributed by atoms with Gasteiger partial charge in [0.1, 0.15) is 0 Å². The molecule has 0 aromatic carbocycles. The Morgan fingerprint density at radius 3 is 2.87 bits per heavy atom. The van der Waals surface area contributed by atoms with E-state index in [-0.39, 0.29) is 5.91 Å². The zero-order valence-electron chi connectivity index (χ0n) is 7.70. The van der Waals surface area contributed by atoms with E-state index in [1.54, 1.807) is 11.3 Å². The lowest BCUT2D eigenvalue weighted by Gasteiger charge is -2.02. The van der Waals surface area contributed by atoms with Crippen molar-refractivity contribution >= 4 is 44.5 Å². The molecule has 0 spiro atoms. The van der Waals surface area contributed by atoms with Gasteiger partial charge >= 0.3 is 0 Å². The molecule has 2 heterocycles. The molecule has 0 aliphatic rings. The minimum absolute atomic E-state index is 0.0330. The summed E-state index contributed by atoms with van der Waals surface area (Å²) in [5, 5.41) is 8.80. The standard InChI is InChI=1S/C10H8BrNOS2/c11-9-8(2-4-15-9)10(13)12-5-7-1-3-14-6-7/h1-4,6H,5H2,(H,12,13). The zero-order chi connectivity index (χ0) is 10.7. The highest BCUT2D eigenvalue weighted by atomic mass is 79.9. The summed E-state index contributed by atoms with van der Waals surface area (Å²) in [5.74, 6) is -0.0330. The van der Waals surface area contributed by atoms with Crippen molar-refractivity contribution < 1.29 is 4.79 Å². The number of carbonyl (C=O) groups excluding carboxylic acids is 1. The maximum Gasteiger partial charge on any atom is 0.253 e. The maximum absolute atomic E-state index is 11.7. The van der Waals surface area contributed by atoms with E-state index in [1.807, 2.05) is 28.3 Å². The van der Waals surface area contributed by atoms with Crippen LogP contribution in [0.4, 0.5) is 0 Å². The Bertz CT molecular complexity index is 450.